The molecule has 0 atom stereocenters. The normalized spacial score (nSPS) is 10.6. The second-order valence-corrected chi connectivity index (χ2v) is 5.96. The van der Waals surface area contributed by atoms with Gasteiger partial charge in [0.1, 0.15) is 11.6 Å². The van der Waals surface area contributed by atoms with Crippen molar-refractivity contribution in [3.8, 4) is 17.1 Å². The second-order valence-electron chi connectivity index (χ2n) is 5.96. The molecule has 0 bridgehead atoms. The number of ether oxygens (including phenoxy) is 1. The van der Waals surface area contributed by atoms with Gasteiger partial charge in [0, 0.05) is 19.4 Å². The largest absolute Gasteiger partial charge is 0.494 e. The van der Waals surface area contributed by atoms with Gasteiger partial charge in [-0.3, -0.25) is 4.79 Å². The molecule has 0 saturated carbocycles. The van der Waals surface area contributed by atoms with Crippen molar-refractivity contribution in [3.05, 3.63) is 72.5 Å². The quantitative estimate of drug-likeness (QED) is 0.580. The van der Waals surface area contributed by atoms with Gasteiger partial charge in [0.2, 0.25) is 5.91 Å². The van der Waals surface area contributed by atoms with Crippen molar-refractivity contribution in [2.24, 2.45) is 0 Å². The third-order valence-corrected chi connectivity index (χ3v) is 3.91. The molecule has 0 saturated heterocycles. The minimum absolute atomic E-state index is 0.0830. The number of nitrogens with one attached hydrogen (secondary N) is 1. The van der Waals surface area contributed by atoms with E-state index >= 15 is 0 Å². The Morgan fingerprint density at radius 1 is 1.11 bits per heavy atom. The van der Waals surface area contributed by atoms with Crippen molar-refractivity contribution in [2.75, 3.05) is 13.2 Å². The number of hydrogen-bond donors (Lipinski definition) is 1. The van der Waals surface area contributed by atoms with Crippen LogP contribution in [-0.4, -0.2) is 24.0 Å². The van der Waals surface area contributed by atoms with Crippen LogP contribution >= 0.6 is 0 Å². The summed E-state index contributed by atoms with van der Waals surface area (Å²) in [7, 11) is 0. The fraction of sp³-hybridized carbons (Fsp3) is 0.238. The lowest BCUT2D eigenvalue weighted by atomic mass is 10.2. The average molecular weight is 368 g/mol. The third-order valence-electron chi connectivity index (χ3n) is 3.91. The van der Waals surface area contributed by atoms with Gasteiger partial charge in [-0.15, -0.1) is 0 Å². The van der Waals surface area contributed by atoms with E-state index in [0.29, 0.717) is 36.8 Å². The molecule has 1 aromatic heterocycles. The van der Waals surface area contributed by atoms with Gasteiger partial charge in [0.15, 0.2) is 11.7 Å². The summed E-state index contributed by atoms with van der Waals surface area (Å²) in [6.07, 6.45) is 2.82. The number of oxazole rings is 1. The molecule has 0 aliphatic heterocycles. The van der Waals surface area contributed by atoms with Crippen molar-refractivity contribution >= 4 is 5.91 Å². The highest BCUT2D eigenvalue weighted by Gasteiger charge is 2.11. The van der Waals surface area contributed by atoms with Gasteiger partial charge >= 0.3 is 0 Å². The average Bonchev–Trinajstić information content (AvgIpc) is 3.16. The molecule has 0 radical (unpaired) electrons. The third kappa shape index (κ3) is 5.67. The van der Waals surface area contributed by atoms with E-state index in [9.17, 15) is 9.18 Å². The smallest absolute Gasteiger partial charge is 0.220 e. The molecule has 6 heteroatoms. The molecule has 1 N–H and O–H groups in total. The van der Waals surface area contributed by atoms with Gasteiger partial charge in [0.05, 0.1) is 18.4 Å². The number of rotatable bonds is 9. The number of aromatic nitrogens is 1. The predicted molar refractivity (Wildman–Crippen MR) is 99.8 cm³/mol. The number of nitrogens with zero attached hydrogens (tertiary/aromatic N) is 1. The maximum absolute atomic E-state index is 13.7. The van der Waals surface area contributed by atoms with E-state index in [0.717, 1.165) is 12.2 Å². The van der Waals surface area contributed by atoms with Gasteiger partial charge < -0.3 is 14.5 Å². The Morgan fingerprint density at radius 3 is 2.70 bits per heavy atom. The number of para-hydroxylation sites is 1. The van der Waals surface area contributed by atoms with Crippen molar-refractivity contribution < 1.29 is 18.3 Å². The van der Waals surface area contributed by atoms with E-state index < -0.39 is 0 Å². The summed E-state index contributed by atoms with van der Waals surface area (Å²) in [6, 6.07) is 15.9. The molecule has 0 spiro atoms. The van der Waals surface area contributed by atoms with Crippen LogP contribution in [0.25, 0.3) is 11.3 Å². The van der Waals surface area contributed by atoms with Crippen LogP contribution < -0.4 is 10.1 Å². The molecule has 0 aliphatic carbocycles. The summed E-state index contributed by atoms with van der Waals surface area (Å²) in [5.41, 5.74) is 0.360. The monoisotopic (exact) mass is 368 g/mol. The van der Waals surface area contributed by atoms with Crippen LogP contribution in [0.3, 0.4) is 0 Å². The number of hydrogen-bond acceptors (Lipinski definition) is 4. The first-order valence-corrected chi connectivity index (χ1v) is 8.86. The Morgan fingerprint density at radius 2 is 1.89 bits per heavy atom. The maximum atomic E-state index is 13.7. The highest BCUT2D eigenvalue weighted by Crippen LogP contribution is 2.23. The minimum Gasteiger partial charge on any atom is -0.494 e. The number of aryl methyl sites for hydroxylation is 1. The first-order valence-electron chi connectivity index (χ1n) is 8.86. The molecule has 0 unspecified atom stereocenters. The molecule has 140 valence electrons. The summed E-state index contributed by atoms with van der Waals surface area (Å²) in [4.78, 5) is 16.0. The number of amides is 1. The molecule has 1 heterocycles. The molecule has 5 nitrogen and oxygen atoms in total. The zero-order valence-corrected chi connectivity index (χ0v) is 14.9. The Balaban J connectivity index is 1.35. The van der Waals surface area contributed by atoms with E-state index in [-0.39, 0.29) is 18.1 Å². The summed E-state index contributed by atoms with van der Waals surface area (Å²) in [5, 5.41) is 2.84. The summed E-state index contributed by atoms with van der Waals surface area (Å²) >= 11 is 0. The molecular weight excluding hydrogens is 347 g/mol. The highest BCUT2D eigenvalue weighted by molar-refractivity contribution is 5.76. The van der Waals surface area contributed by atoms with Gasteiger partial charge in [-0.2, -0.15) is 0 Å². The number of carbonyl (C=O) groups excluding carboxylic acids is 1. The number of benzene rings is 2. The first-order chi connectivity index (χ1) is 13.2. The van der Waals surface area contributed by atoms with Crippen molar-refractivity contribution in [1.29, 1.82) is 0 Å². The lowest BCUT2D eigenvalue weighted by molar-refractivity contribution is -0.121. The molecule has 3 rings (SSSR count). The fourth-order valence-electron chi connectivity index (χ4n) is 2.53. The highest BCUT2D eigenvalue weighted by atomic mass is 19.1. The van der Waals surface area contributed by atoms with Crippen molar-refractivity contribution in [3.63, 3.8) is 0 Å². The molecule has 27 heavy (non-hydrogen) atoms. The zero-order valence-electron chi connectivity index (χ0n) is 14.9. The van der Waals surface area contributed by atoms with Crippen LogP contribution in [0, 0.1) is 5.82 Å². The Bertz CT molecular complexity index is 865. The standard InChI is InChI=1S/C21H21FN2O3/c22-18-10-5-4-9-17(18)19-15-24-21(27-19)12-11-20(25)23-13-6-14-26-16-7-2-1-3-8-16/h1-5,7-10,15H,6,11-14H2,(H,23,25). The van der Waals surface area contributed by atoms with Crippen LogP contribution in [0.4, 0.5) is 4.39 Å². The lowest BCUT2D eigenvalue weighted by Gasteiger charge is -2.07. The van der Waals surface area contributed by atoms with Crippen LogP contribution in [0.15, 0.2) is 65.2 Å². The SMILES string of the molecule is O=C(CCc1ncc(-c2ccccc2F)o1)NCCCOc1ccccc1. The van der Waals surface area contributed by atoms with Crippen molar-refractivity contribution in [1.82, 2.24) is 10.3 Å². The van der Waals surface area contributed by atoms with Gasteiger partial charge in [0.25, 0.3) is 0 Å². The van der Waals surface area contributed by atoms with Gasteiger partial charge in [-0.05, 0) is 30.7 Å². The van der Waals surface area contributed by atoms with Crippen LogP contribution in [0.1, 0.15) is 18.7 Å². The Kier molecular flexibility index (Phi) is 6.57. The topological polar surface area (TPSA) is 64.4 Å². The van der Waals surface area contributed by atoms with Gasteiger partial charge in [-0.25, -0.2) is 9.37 Å². The number of halogens is 1. The Labute approximate surface area is 157 Å². The lowest BCUT2D eigenvalue weighted by Crippen LogP contribution is -2.25. The molecule has 1 amide bonds. The summed E-state index contributed by atoms with van der Waals surface area (Å²) in [6.45, 7) is 1.08. The fourth-order valence-corrected chi connectivity index (χ4v) is 2.53. The van der Waals surface area contributed by atoms with E-state index in [1.165, 1.54) is 12.3 Å². The summed E-state index contributed by atoms with van der Waals surface area (Å²) in [5.74, 6) is 1.15. The van der Waals surface area contributed by atoms with E-state index in [4.69, 9.17) is 9.15 Å². The zero-order chi connectivity index (χ0) is 18.9. The molecular formula is C21H21FN2O3. The van der Waals surface area contributed by atoms with Crippen LogP contribution in [-0.2, 0) is 11.2 Å². The van der Waals surface area contributed by atoms with Gasteiger partial charge in [-0.1, -0.05) is 30.3 Å². The molecule has 2 aromatic carbocycles. The first kappa shape index (κ1) is 18.6. The van der Waals surface area contributed by atoms with Crippen molar-refractivity contribution in [2.45, 2.75) is 19.3 Å². The van der Waals surface area contributed by atoms with Crippen LogP contribution in [0.2, 0.25) is 0 Å². The number of carbonyl (C=O) groups is 1. The second kappa shape index (κ2) is 9.52. The van der Waals surface area contributed by atoms with Crippen LogP contribution in [0.5, 0.6) is 5.75 Å². The van der Waals surface area contributed by atoms with E-state index in [2.05, 4.69) is 10.3 Å². The predicted octanol–water partition coefficient (Wildman–Crippen LogP) is 4.00. The Hall–Kier alpha value is -3.15. The minimum atomic E-state index is -0.365. The molecule has 3 aromatic rings. The molecule has 0 fully saturated rings. The van der Waals surface area contributed by atoms with E-state index in [1.54, 1.807) is 18.2 Å². The summed E-state index contributed by atoms with van der Waals surface area (Å²) < 4.78 is 24.9. The maximum Gasteiger partial charge on any atom is 0.220 e. The van der Waals surface area contributed by atoms with E-state index in [1.807, 2.05) is 30.3 Å². The molecule has 0 aliphatic rings.